The number of nitrogens with zero attached hydrogens (tertiary/aromatic N) is 1. The highest BCUT2D eigenvalue weighted by Crippen LogP contribution is 2.26. The highest BCUT2D eigenvalue weighted by atomic mass is 16.5. The molecule has 1 aromatic carbocycles. The number of likely N-dealkylation sites (tertiary alicyclic amines) is 1. The predicted molar refractivity (Wildman–Crippen MR) is 174 cm³/mol. The van der Waals surface area contributed by atoms with Crippen molar-refractivity contribution in [3.63, 3.8) is 0 Å². The molecular formula is C36H62N2O4. The summed E-state index contributed by atoms with van der Waals surface area (Å²) >= 11 is 0. The van der Waals surface area contributed by atoms with Crippen molar-refractivity contribution in [3.05, 3.63) is 29.8 Å². The Morgan fingerprint density at radius 3 is 1.95 bits per heavy atom. The minimum absolute atomic E-state index is 0.00758. The van der Waals surface area contributed by atoms with Crippen LogP contribution in [0.25, 0.3) is 0 Å². The van der Waals surface area contributed by atoms with Crippen molar-refractivity contribution in [3.8, 4) is 5.75 Å². The van der Waals surface area contributed by atoms with Crippen LogP contribution >= 0.6 is 0 Å². The van der Waals surface area contributed by atoms with E-state index in [1.54, 1.807) is 0 Å². The summed E-state index contributed by atoms with van der Waals surface area (Å²) in [4.78, 5) is 27.6. The Morgan fingerprint density at radius 1 is 0.833 bits per heavy atom. The third-order valence-corrected chi connectivity index (χ3v) is 8.67. The fourth-order valence-corrected chi connectivity index (χ4v) is 5.85. The zero-order chi connectivity index (χ0) is 31.4. The molecule has 0 bridgehead atoms. The summed E-state index contributed by atoms with van der Waals surface area (Å²) in [6.45, 7) is 23.4. The van der Waals surface area contributed by atoms with E-state index in [-0.39, 0.29) is 41.8 Å². The second-order valence-electron chi connectivity index (χ2n) is 14.1. The third-order valence-electron chi connectivity index (χ3n) is 8.67. The molecular weight excluding hydrogens is 524 g/mol. The van der Waals surface area contributed by atoms with E-state index in [2.05, 4.69) is 63.9 Å². The quantitative estimate of drug-likeness (QED) is 0.175. The first-order valence-electron chi connectivity index (χ1n) is 16.7. The number of benzene rings is 1. The molecule has 0 amide bonds. The zero-order valence-electron chi connectivity index (χ0n) is 28.4. The molecule has 0 aliphatic carbocycles. The number of hydrogen-bond donors (Lipinski definition) is 1. The SMILES string of the molecule is CC(CCOc1ccc(C[C@H](NC(C)C)C(=O)C(C)C)cc1)CCC(C)CCO[C@@H]1C[C@@H](C(=O)C(C)C)N(C(C)C)C1. The van der Waals surface area contributed by atoms with Gasteiger partial charge in [0, 0.05) is 37.1 Å². The molecule has 1 fully saturated rings. The number of rotatable bonds is 20. The van der Waals surface area contributed by atoms with Crippen molar-refractivity contribution >= 4 is 11.6 Å². The molecule has 5 atom stereocenters. The van der Waals surface area contributed by atoms with Crippen molar-refractivity contribution in [1.29, 1.82) is 0 Å². The summed E-state index contributed by atoms with van der Waals surface area (Å²) in [5.74, 6) is 2.81. The molecule has 0 spiro atoms. The molecule has 1 saturated heterocycles. The van der Waals surface area contributed by atoms with Gasteiger partial charge < -0.3 is 14.8 Å². The summed E-state index contributed by atoms with van der Waals surface area (Å²) < 4.78 is 12.3. The van der Waals surface area contributed by atoms with Crippen molar-refractivity contribution in [1.82, 2.24) is 10.2 Å². The molecule has 1 aromatic rings. The average Bonchev–Trinajstić information content (AvgIpc) is 3.35. The number of hydrogen-bond acceptors (Lipinski definition) is 6. The van der Waals surface area contributed by atoms with Gasteiger partial charge in [0.05, 0.1) is 24.8 Å². The lowest BCUT2D eigenvalue weighted by Gasteiger charge is -2.27. The van der Waals surface area contributed by atoms with Gasteiger partial charge in [-0.1, -0.05) is 80.4 Å². The maximum atomic E-state index is 12.7. The minimum Gasteiger partial charge on any atom is -0.494 e. The largest absolute Gasteiger partial charge is 0.494 e. The summed E-state index contributed by atoms with van der Waals surface area (Å²) in [7, 11) is 0. The van der Waals surface area contributed by atoms with E-state index in [1.807, 2.05) is 39.8 Å². The van der Waals surface area contributed by atoms with Gasteiger partial charge in [0.2, 0.25) is 0 Å². The molecule has 1 aliphatic heterocycles. The van der Waals surface area contributed by atoms with Gasteiger partial charge in [0.15, 0.2) is 11.6 Å². The van der Waals surface area contributed by atoms with Crippen LogP contribution in [0.4, 0.5) is 0 Å². The van der Waals surface area contributed by atoms with Crippen molar-refractivity contribution in [2.45, 2.75) is 138 Å². The lowest BCUT2D eigenvalue weighted by Crippen LogP contribution is -2.44. The van der Waals surface area contributed by atoms with Crippen LogP contribution in [0.15, 0.2) is 24.3 Å². The second kappa shape index (κ2) is 18.1. The zero-order valence-corrected chi connectivity index (χ0v) is 28.4. The fraction of sp³-hybridized carbons (Fsp3) is 0.778. The van der Waals surface area contributed by atoms with Gasteiger partial charge in [-0.15, -0.1) is 0 Å². The number of carbonyl (C=O) groups excluding carboxylic acids is 2. The first-order valence-corrected chi connectivity index (χ1v) is 16.7. The van der Waals surface area contributed by atoms with Crippen LogP contribution in [0.1, 0.15) is 107 Å². The molecule has 6 heteroatoms. The minimum atomic E-state index is -0.155. The maximum Gasteiger partial charge on any atom is 0.152 e. The first kappa shape index (κ1) is 36.4. The van der Waals surface area contributed by atoms with Crippen LogP contribution in [-0.4, -0.2) is 66.5 Å². The fourth-order valence-electron chi connectivity index (χ4n) is 5.85. The lowest BCUT2D eigenvalue weighted by molar-refractivity contribution is -0.127. The second-order valence-corrected chi connectivity index (χ2v) is 14.1. The van der Waals surface area contributed by atoms with Crippen LogP contribution in [0.5, 0.6) is 5.75 Å². The van der Waals surface area contributed by atoms with E-state index in [4.69, 9.17) is 9.47 Å². The summed E-state index contributed by atoms with van der Waals surface area (Å²) in [6, 6.07) is 8.70. The van der Waals surface area contributed by atoms with Crippen LogP contribution in [-0.2, 0) is 20.7 Å². The number of nitrogens with one attached hydrogen (secondary N) is 1. The topological polar surface area (TPSA) is 67.9 Å². The van der Waals surface area contributed by atoms with Gasteiger partial charge >= 0.3 is 0 Å². The molecule has 1 heterocycles. The number of ether oxygens (including phenoxy) is 2. The number of carbonyl (C=O) groups is 2. The summed E-state index contributed by atoms with van der Waals surface area (Å²) in [5, 5.41) is 3.43. The van der Waals surface area contributed by atoms with E-state index >= 15 is 0 Å². The van der Waals surface area contributed by atoms with E-state index < -0.39 is 0 Å². The van der Waals surface area contributed by atoms with Crippen molar-refractivity contribution in [2.24, 2.45) is 23.7 Å². The van der Waals surface area contributed by atoms with E-state index in [1.165, 1.54) is 12.8 Å². The molecule has 1 aliphatic rings. The molecule has 2 rings (SSSR count). The Balaban J connectivity index is 1.66. The van der Waals surface area contributed by atoms with Gasteiger partial charge in [-0.2, -0.15) is 0 Å². The highest BCUT2D eigenvalue weighted by molar-refractivity contribution is 5.86. The van der Waals surface area contributed by atoms with Gasteiger partial charge in [-0.05, 0) is 69.1 Å². The van der Waals surface area contributed by atoms with Crippen LogP contribution < -0.4 is 10.1 Å². The lowest BCUT2D eigenvalue weighted by atomic mass is 9.94. The Hall–Kier alpha value is -1.76. The third kappa shape index (κ3) is 12.5. The molecule has 0 saturated carbocycles. The van der Waals surface area contributed by atoms with Crippen molar-refractivity contribution in [2.75, 3.05) is 19.8 Å². The summed E-state index contributed by atoms with van der Waals surface area (Å²) in [5.41, 5.74) is 1.15. The van der Waals surface area contributed by atoms with E-state index in [9.17, 15) is 9.59 Å². The van der Waals surface area contributed by atoms with E-state index in [0.717, 1.165) is 43.7 Å². The highest BCUT2D eigenvalue weighted by Gasteiger charge is 2.39. The van der Waals surface area contributed by atoms with Crippen LogP contribution in [0.3, 0.4) is 0 Å². The van der Waals surface area contributed by atoms with Gasteiger partial charge in [0.25, 0.3) is 0 Å². The average molecular weight is 587 g/mol. The molecule has 240 valence electrons. The Morgan fingerprint density at radius 2 is 1.43 bits per heavy atom. The first-order chi connectivity index (χ1) is 19.8. The Labute approximate surface area is 257 Å². The van der Waals surface area contributed by atoms with Crippen molar-refractivity contribution < 1.29 is 19.1 Å². The smallest absolute Gasteiger partial charge is 0.152 e. The maximum absolute atomic E-state index is 12.7. The Bertz CT molecular complexity index is 927. The van der Waals surface area contributed by atoms with E-state index in [0.29, 0.717) is 36.7 Å². The molecule has 2 unspecified atom stereocenters. The standard InChI is InChI=1S/C36H62N2O4/c1-24(2)35(39)33(37-26(5)6)21-30-13-15-31(16-14-30)41-19-17-28(9)11-12-29(10)18-20-42-32-22-34(36(40)25(3)4)38(23-32)27(7)8/h13-16,24-29,32-34,37H,11-12,17-23H2,1-10H3/t28?,29?,32-,33+,34+/m1/s1. The Kier molecular flexibility index (Phi) is 15.7. The normalized spacial score (nSPS) is 20.0. The number of ketones is 2. The van der Waals surface area contributed by atoms with Gasteiger partial charge in [0.1, 0.15) is 5.75 Å². The molecule has 1 N–H and O–H groups in total. The number of Topliss-reactive ketones (excluding diaryl/α,β-unsaturated/α-hetero) is 2. The molecule has 0 radical (unpaired) electrons. The molecule has 6 nitrogen and oxygen atoms in total. The molecule has 0 aromatic heterocycles. The summed E-state index contributed by atoms with van der Waals surface area (Å²) in [6.07, 6.45) is 6.17. The van der Waals surface area contributed by atoms with Gasteiger partial charge in [-0.3, -0.25) is 14.5 Å². The predicted octanol–water partition coefficient (Wildman–Crippen LogP) is 7.13. The van der Waals surface area contributed by atoms with Crippen LogP contribution in [0, 0.1) is 23.7 Å². The van der Waals surface area contributed by atoms with Crippen LogP contribution in [0.2, 0.25) is 0 Å². The molecule has 42 heavy (non-hydrogen) atoms. The monoisotopic (exact) mass is 586 g/mol. The van der Waals surface area contributed by atoms with Gasteiger partial charge in [-0.25, -0.2) is 0 Å².